The lowest BCUT2D eigenvalue weighted by Crippen LogP contribution is -1.90. The monoisotopic (exact) mass is 309 g/mol. The molecule has 3 nitrogen and oxygen atoms in total. The van der Waals surface area contributed by atoms with Gasteiger partial charge in [-0.3, -0.25) is 5.43 Å². The molecule has 0 radical (unpaired) electrons. The Morgan fingerprint density at radius 2 is 2.18 bits per heavy atom. The fourth-order valence-corrected chi connectivity index (χ4v) is 2.67. The van der Waals surface area contributed by atoms with E-state index in [9.17, 15) is 0 Å². The summed E-state index contributed by atoms with van der Waals surface area (Å²) in [6, 6.07) is 6.16. The number of aromatic nitrogens is 1. The number of nitrogens with one attached hydrogen (secondary N) is 1. The second-order valence-corrected chi connectivity index (χ2v) is 5.50. The van der Waals surface area contributed by atoms with Crippen molar-refractivity contribution in [1.82, 2.24) is 4.98 Å². The molecule has 88 valence electrons. The molecule has 5 heteroatoms. The Labute approximate surface area is 113 Å². The zero-order valence-corrected chi connectivity index (χ0v) is 12.0. The highest BCUT2D eigenvalue weighted by molar-refractivity contribution is 9.10. The molecule has 0 fully saturated rings. The highest BCUT2D eigenvalue weighted by Gasteiger charge is 1.96. The highest BCUT2D eigenvalue weighted by Crippen LogP contribution is 2.15. The topological polar surface area (TPSA) is 37.3 Å². The van der Waals surface area contributed by atoms with Gasteiger partial charge in [0.15, 0.2) is 0 Å². The Bertz CT molecular complexity index is 528. The lowest BCUT2D eigenvalue weighted by Gasteiger charge is -1.98. The second kappa shape index (κ2) is 5.42. The predicted molar refractivity (Wildman–Crippen MR) is 76.9 cm³/mol. The third kappa shape index (κ3) is 3.64. The fraction of sp³-hybridized carbons (Fsp3) is 0.167. The zero-order valence-electron chi connectivity index (χ0n) is 9.57. The molecule has 0 amide bonds. The number of benzene rings is 1. The summed E-state index contributed by atoms with van der Waals surface area (Å²) in [5.74, 6) is 0. The van der Waals surface area contributed by atoms with Crippen LogP contribution in [-0.2, 0) is 0 Å². The Hall–Kier alpha value is -1.20. The summed E-state index contributed by atoms with van der Waals surface area (Å²) in [5, 5.41) is 6.96. The first-order valence-corrected chi connectivity index (χ1v) is 6.79. The first-order chi connectivity index (χ1) is 8.13. The van der Waals surface area contributed by atoms with Gasteiger partial charge in [0.1, 0.15) is 0 Å². The molecule has 0 unspecified atom stereocenters. The van der Waals surface area contributed by atoms with E-state index in [0.717, 1.165) is 20.9 Å². The molecule has 2 aromatic rings. The van der Waals surface area contributed by atoms with Crippen LogP contribution in [0.15, 0.2) is 33.2 Å². The number of halogens is 1. The van der Waals surface area contributed by atoms with Gasteiger partial charge in [-0.25, -0.2) is 4.98 Å². The molecule has 0 saturated heterocycles. The van der Waals surface area contributed by atoms with Crippen LogP contribution in [0.4, 0.5) is 5.13 Å². The molecule has 0 aliphatic carbocycles. The van der Waals surface area contributed by atoms with Crippen molar-refractivity contribution in [1.29, 1.82) is 0 Å². The summed E-state index contributed by atoms with van der Waals surface area (Å²) in [6.07, 6.45) is 1.79. The molecule has 0 atom stereocenters. The van der Waals surface area contributed by atoms with Crippen molar-refractivity contribution < 1.29 is 0 Å². The van der Waals surface area contributed by atoms with Gasteiger partial charge in [-0.2, -0.15) is 5.10 Å². The van der Waals surface area contributed by atoms with E-state index < -0.39 is 0 Å². The van der Waals surface area contributed by atoms with E-state index >= 15 is 0 Å². The fourth-order valence-electron chi connectivity index (χ4n) is 1.41. The van der Waals surface area contributed by atoms with Gasteiger partial charge in [-0.1, -0.05) is 22.0 Å². The van der Waals surface area contributed by atoms with Gasteiger partial charge in [0, 0.05) is 9.85 Å². The van der Waals surface area contributed by atoms with E-state index in [2.05, 4.69) is 50.5 Å². The Balaban J connectivity index is 2.05. The van der Waals surface area contributed by atoms with Gasteiger partial charge in [0.2, 0.25) is 5.13 Å². The highest BCUT2D eigenvalue weighted by atomic mass is 79.9. The minimum atomic E-state index is 0.811. The zero-order chi connectivity index (χ0) is 12.3. The number of nitrogens with zero attached hydrogens (tertiary/aromatic N) is 2. The molecule has 17 heavy (non-hydrogen) atoms. The quantitative estimate of drug-likeness (QED) is 0.688. The van der Waals surface area contributed by atoms with E-state index in [4.69, 9.17) is 0 Å². The van der Waals surface area contributed by atoms with Crippen molar-refractivity contribution >= 4 is 38.6 Å². The molecule has 0 bridgehead atoms. The first-order valence-electron chi connectivity index (χ1n) is 5.12. The summed E-state index contributed by atoms with van der Waals surface area (Å²) < 4.78 is 1.06. The maximum Gasteiger partial charge on any atom is 0.203 e. The van der Waals surface area contributed by atoms with Crippen LogP contribution in [0.25, 0.3) is 0 Å². The third-order valence-electron chi connectivity index (χ3n) is 2.06. The van der Waals surface area contributed by atoms with Crippen molar-refractivity contribution in [3.63, 3.8) is 0 Å². The summed E-state index contributed by atoms with van der Waals surface area (Å²) in [4.78, 5) is 4.26. The molecule has 1 N–H and O–H groups in total. The summed E-state index contributed by atoms with van der Waals surface area (Å²) in [6.45, 7) is 4.02. The van der Waals surface area contributed by atoms with E-state index in [1.54, 1.807) is 17.6 Å². The number of anilines is 1. The van der Waals surface area contributed by atoms with Crippen LogP contribution in [-0.4, -0.2) is 11.2 Å². The molecule has 0 aliphatic heterocycles. The van der Waals surface area contributed by atoms with E-state index in [1.807, 2.05) is 18.4 Å². The van der Waals surface area contributed by atoms with E-state index in [-0.39, 0.29) is 0 Å². The Morgan fingerprint density at radius 1 is 1.35 bits per heavy atom. The largest absolute Gasteiger partial charge is 0.253 e. The maximum atomic E-state index is 4.26. The van der Waals surface area contributed by atoms with Gasteiger partial charge in [-0.05, 0) is 37.1 Å². The van der Waals surface area contributed by atoms with Gasteiger partial charge in [0.05, 0.1) is 11.9 Å². The molecule has 0 spiro atoms. The first kappa shape index (κ1) is 12.3. The lowest BCUT2D eigenvalue weighted by molar-refractivity contribution is 1.22. The Morgan fingerprint density at radius 3 is 2.82 bits per heavy atom. The standard InChI is InChI=1S/C12H12BrN3S/c1-8-3-10(5-11(13)4-8)6-14-16-12-15-9(2)7-17-12/h3-7H,1-2H3,(H,15,16). The number of rotatable bonds is 3. The maximum absolute atomic E-state index is 4.26. The van der Waals surface area contributed by atoms with Gasteiger partial charge >= 0.3 is 0 Å². The summed E-state index contributed by atoms with van der Waals surface area (Å²) in [5.41, 5.74) is 6.17. The van der Waals surface area contributed by atoms with Crippen molar-refractivity contribution in [3.8, 4) is 0 Å². The van der Waals surface area contributed by atoms with Crippen LogP contribution in [0, 0.1) is 13.8 Å². The minimum Gasteiger partial charge on any atom is -0.253 e. The number of aryl methyl sites for hydroxylation is 2. The van der Waals surface area contributed by atoms with Crippen LogP contribution in [0.3, 0.4) is 0 Å². The molecular weight excluding hydrogens is 298 g/mol. The van der Waals surface area contributed by atoms with Crippen LogP contribution in [0.2, 0.25) is 0 Å². The number of hydrogen-bond acceptors (Lipinski definition) is 4. The molecule has 2 rings (SSSR count). The van der Waals surface area contributed by atoms with E-state index in [0.29, 0.717) is 0 Å². The van der Waals surface area contributed by atoms with Crippen molar-refractivity contribution in [3.05, 3.63) is 44.9 Å². The molecule has 1 heterocycles. The van der Waals surface area contributed by atoms with Crippen LogP contribution in [0.1, 0.15) is 16.8 Å². The number of hydrogen-bond donors (Lipinski definition) is 1. The minimum absolute atomic E-state index is 0.811. The summed E-state index contributed by atoms with van der Waals surface area (Å²) >= 11 is 5.01. The molecule has 0 saturated carbocycles. The normalized spacial score (nSPS) is 11.0. The summed E-state index contributed by atoms with van der Waals surface area (Å²) in [7, 11) is 0. The Kier molecular flexibility index (Phi) is 3.91. The number of hydrazone groups is 1. The van der Waals surface area contributed by atoms with Crippen molar-refractivity contribution in [2.45, 2.75) is 13.8 Å². The smallest absolute Gasteiger partial charge is 0.203 e. The molecule has 1 aromatic heterocycles. The van der Waals surface area contributed by atoms with Crippen molar-refractivity contribution in [2.75, 3.05) is 5.43 Å². The SMILES string of the molecule is Cc1cc(Br)cc(C=NNc2nc(C)cs2)c1. The second-order valence-electron chi connectivity index (χ2n) is 3.73. The van der Waals surface area contributed by atoms with Crippen LogP contribution >= 0.6 is 27.3 Å². The average molecular weight is 310 g/mol. The molecular formula is C12H12BrN3S. The molecule has 0 aliphatic rings. The lowest BCUT2D eigenvalue weighted by atomic mass is 10.2. The number of thiazole rings is 1. The average Bonchev–Trinajstić information content (AvgIpc) is 2.63. The molecule has 1 aromatic carbocycles. The van der Waals surface area contributed by atoms with Crippen molar-refractivity contribution in [2.24, 2.45) is 5.10 Å². The van der Waals surface area contributed by atoms with Crippen LogP contribution < -0.4 is 5.43 Å². The van der Waals surface area contributed by atoms with Crippen LogP contribution in [0.5, 0.6) is 0 Å². The van der Waals surface area contributed by atoms with Gasteiger partial charge in [0.25, 0.3) is 0 Å². The van der Waals surface area contributed by atoms with Gasteiger partial charge in [-0.15, -0.1) is 11.3 Å². The predicted octanol–water partition coefficient (Wildman–Crippen LogP) is 3.97. The van der Waals surface area contributed by atoms with Gasteiger partial charge < -0.3 is 0 Å². The van der Waals surface area contributed by atoms with E-state index in [1.165, 1.54) is 5.56 Å². The third-order valence-corrected chi connectivity index (χ3v) is 3.38.